The number of likely N-dealkylation sites (tertiary alicyclic amines) is 1. The van der Waals surface area contributed by atoms with Crippen LogP contribution in [0.25, 0.3) is 0 Å². The number of rotatable bonds is 9. The molecule has 1 heterocycles. The lowest BCUT2D eigenvalue weighted by Crippen LogP contribution is -2.35. The topological polar surface area (TPSA) is 67.8 Å². The first kappa shape index (κ1) is 19.3. The number of hydrogen-bond acceptors (Lipinski definition) is 5. The van der Waals surface area contributed by atoms with Crippen LogP contribution >= 0.6 is 0 Å². The number of carboxylic acid groups (broad SMARTS) is 1. The van der Waals surface area contributed by atoms with Gasteiger partial charge in [0.25, 0.3) is 0 Å². The van der Waals surface area contributed by atoms with Gasteiger partial charge in [-0.1, -0.05) is 0 Å². The molecule has 1 rings (SSSR count). The van der Waals surface area contributed by atoms with Gasteiger partial charge < -0.3 is 28.6 Å². The predicted octanol–water partition coefficient (Wildman–Crippen LogP) is -0.337. The monoisotopic (exact) mass is 291 g/mol. The summed E-state index contributed by atoms with van der Waals surface area (Å²) in [6.45, 7) is 4.89. The quantitative estimate of drug-likeness (QED) is 0.429. The molecule has 6 nitrogen and oxygen atoms in total. The number of methoxy groups -OCH3 is 1. The summed E-state index contributed by atoms with van der Waals surface area (Å²) >= 11 is 0. The van der Waals surface area contributed by atoms with Crippen molar-refractivity contribution in [2.24, 2.45) is 0 Å². The van der Waals surface area contributed by atoms with Crippen LogP contribution in [0.1, 0.15) is 19.3 Å². The summed E-state index contributed by atoms with van der Waals surface area (Å²) in [5.41, 5.74) is 0. The normalized spacial score (nSPS) is 16.6. The zero-order chi connectivity index (χ0) is 15.3. The van der Waals surface area contributed by atoms with Crippen molar-refractivity contribution in [3.05, 3.63) is 0 Å². The highest BCUT2D eigenvalue weighted by molar-refractivity contribution is 5.64. The molecule has 0 bridgehead atoms. The first-order chi connectivity index (χ1) is 9.48. The third-order valence-corrected chi connectivity index (χ3v) is 3.03. The van der Waals surface area contributed by atoms with Gasteiger partial charge in [0, 0.05) is 32.3 Å². The standard InChI is InChI=1S/C8H16O5.C6H14N/c1-11-4-5-13-7-6-12-3-2-8(9)10;1-7(2)5-3-4-6-7/h2-7H2,1H3,(H,9,10);3-6H2,1-2H3/q;+1/p-1. The van der Waals surface area contributed by atoms with Crippen molar-refractivity contribution < 1.29 is 28.6 Å². The Morgan fingerprint density at radius 1 is 1.00 bits per heavy atom. The zero-order valence-electron chi connectivity index (χ0n) is 13.1. The number of aliphatic carboxylic acids is 1. The van der Waals surface area contributed by atoms with Crippen LogP contribution in [0.15, 0.2) is 0 Å². The zero-order valence-corrected chi connectivity index (χ0v) is 13.1. The summed E-state index contributed by atoms with van der Waals surface area (Å²) in [4.78, 5) is 9.93. The molecule has 0 unspecified atom stereocenters. The van der Waals surface area contributed by atoms with E-state index in [1.807, 2.05) is 0 Å². The Morgan fingerprint density at radius 3 is 1.90 bits per heavy atom. The lowest BCUT2D eigenvalue weighted by atomic mass is 10.4. The highest BCUT2D eigenvalue weighted by atomic mass is 16.5. The molecule has 0 aromatic heterocycles. The Labute approximate surface area is 122 Å². The van der Waals surface area contributed by atoms with Gasteiger partial charge in [-0.25, -0.2) is 0 Å². The van der Waals surface area contributed by atoms with Crippen molar-refractivity contribution in [2.75, 3.05) is 67.3 Å². The molecule has 0 amide bonds. The molecule has 0 saturated carbocycles. The van der Waals surface area contributed by atoms with Crippen LogP contribution in [0.2, 0.25) is 0 Å². The van der Waals surface area contributed by atoms with Gasteiger partial charge in [0.05, 0.1) is 60.2 Å². The maximum absolute atomic E-state index is 9.93. The fourth-order valence-electron chi connectivity index (χ4n) is 1.81. The summed E-state index contributed by atoms with van der Waals surface area (Å²) in [6.07, 6.45) is 2.80. The van der Waals surface area contributed by atoms with Gasteiger partial charge in [0.15, 0.2) is 0 Å². The second kappa shape index (κ2) is 12.1. The van der Waals surface area contributed by atoms with Gasteiger partial charge in [-0.2, -0.15) is 0 Å². The smallest absolute Gasteiger partial charge is 0.0784 e. The average Bonchev–Trinajstić information content (AvgIpc) is 2.78. The summed E-state index contributed by atoms with van der Waals surface area (Å²) in [6, 6.07) is 0. The molecule has 6 heteroatoms. The van der Waals surface area contributed by atoms with E-state index in [0.717, 1.165) is 0 Å². The van der Waals surface area contributed by atoms with Crippen molar-refractivity contribution in [1.82, 2.24) is 0 Å². The molecule has 0 aliphatic carbocycles. The van der Waals surface area contributed by atoms with Crippen LogP contribution in [0.4, 0.5) is 0 Å². The van der Waals surface area contributed by atoms with E-state index in [0.29, 0.717) is 26.4 Å². The van der Waals surface area contributed by atoms with E-state index in [1.165, 1.54) is 30.4 Å². The summed E-state index contributed by atoms with van der Waals surface area (Å²) in [5.74, 6) is -1.10. The molecule has 20 heavy (non-hydrogen) atoms. The first-order valence-corrected chi connectivity index (χ1v) is 7.14. The molecule has 1 fully saturated rings. The first-order valence-electron chi connectivity index (χ1n) is 7.14. The molecule has 0 spiro atoms. The van der Waals surface area contributed by atoms with Crippen LogP contribution in [-0.4, -0.2) is 77.8 Å². The highest BCUT2D eigenvalue weighted by Crippen LogP contribution is 2.11. The average molecular weight is 291 g/mol. The maximum Gasteiger partial charge on any atom is 0.0784 e. The van der Waals surface area contributed by atoms with E-state index in [1.54, 1.807) is 7.11 Å². The molecule has 0 aromatic carbocycles. The fourth-order valence-corrected chi connectivity index (χ4v) is 1.81. The van der Waals surface area contributed by atoms with E-state index in [-0.39, 0.29) is 13.0 Å². The van der Waals surface area contributed by atoms with E-state index < -0.39 is 5.97 Å². The van der Waals surface area contributed by atoms with Crippen molar-refractivity contribution in [3.63, 3.8) is 0 Å². The number of carbonyl (C=O) groups excluding carboxylic acids is 1. The highest BCUT2D eigenvalue weighted by Gasteiger charge is 2.19. The fraction of sp³-hybridized carbons (Fsp3) is 0.929. The number of carbonyl (C=O) groups is 1. The van der Waals surface area contributed by atoms with E-state index in [4.69, 9.17) is 14.2 Å². The third kappa shape index (κ3) is 13.7. The molecule has 0 N–H and O–H groups in total. The number of quaternary nitrogens is 1. The SMILES string of the molecule is COCCOCCOCCC(=O)[O-].C[N+]1(C)CCCC1. The van der Waals surface area contributed by atoms with Crippen LogP contribution in [0, 0.1) is 0 Å². The molecule has 0 atom stereocenters. The summed E-state index contributed by atoms with van der Waals surface area (Å²) in [5, 5.41) is 9.93. The third-order valence-electron chi connectivity index (χ3n) is 3.03. The van der Waals surface area contributed by atoms with Gasteiger partial charge in [-0.05, 0) is 0 Å². The van der Waals surface area contributed by atoms with Crippen molar-refractivity contribution in [2.45, 2.75) is 19.3 Å². The Kier molecular flexibility index (Phi) is 11.7. The summed E-state index contributed by atoms with van der Waals surface area (Å²) < 4.78 is 16.0. The Balaban J connectivity index is 0.000000428. The van der Waals surface area contributed by atoms with E-state index in [2.05, 4.69) is 14.1 Å². The molecule has 120 valence electrons. The van der Waals surface area contributed by atoms with Crippen molar-refractivity contribution >= 4 is 5.97 Å². The van der Waals surface area contributed by atoms with Gasteiger partial charge in [-0.3, -0.25) is 0 Å². The molecular weight excluding hydrogens is 262 g/mol. The number of nitrogens with zero attached hydrogens (tertiary/aromatic N) is 1. The molecule has 0 radical (unpaired) electrons. The molecule has 1 aliphatic rings. The van der Waals surface area contributed by atoms with Crippen LogP contribution < -0.4 is 5.11 Å². The van der Waals surface area contributed by atoms with Gasteiger partial charge >= 0.3 is 0 Å². The Bertz CT molecular complexity index is 238. The number of carboxylic acids is 1. The number of hydrogen-bond donors (Lipinski definition) is 0. The van der Waals surface area contributed by atoms with Crippen molar-refractivity contribution in [3.8, 4) is 0 Å². The van der Waals surface area contributed by atoms with Crippen LogP contribution in [0.3, 0.4) is 0 Å². The molecule has 0 aromatic rings. The van der Waals surface area contributed by atoms with Crippen LogP contribution in [0.5, 0.6) is 0 Å². The molecule has 1 saturated heterocycles. The van der Waals surface area contributed by atoms with E-state index in [9.17, 15) is 9.90 Å². The lowest BCUT2D eigenvalue weighted by molar-refractivity contribution is -0.877. The van der Waals surface area contributed by atoms with Crippen molar-refractivity contribution in [1.29, 1.82) is 0 Å². The second-order valence-electron chi connectivity index (χ2n) is 5.43. The van der Waals surface area contributed by atoms with Gasteiger partial charge in [0.1, 0.15) is 0 Å². The Morgan fingerprint density at radius 2 is 1.50 bits per heavy atom. The maximum atomic E-state index is 9.93. The van der Waals surface area contributed by atoms with Gasteiger partial charge in [-0.15, -0.1) is 0 Å². The largest absolute Gasteiger partial charge is 0.550 e. The second-order valence-corrected chi connectivity index (χ2v) is 5.43. The number of ether oxygens (including phenoxy) is 3. The minimum absolute atomic E-state index is 0.0714. The minimum atomic E-state index is -1.10. The predicted molar refractivity (Wildman–Crippen MR) is 74.2 cm³/mol. The molecular formula is C14H29NO5. The van der Waals surface area contributed by atoms with Gasteiger partial charge in [0.2, 0.25) is 0 Å². The van der Waals surface area contributed by atoms with E-state index >= 15 is 0 Å². The summed E-state index contributed by atoms with van der Waals surface area (Å²) in [7, 11) is 6.19. The van der Waals surface area contributed by atoms with Crippen LogP contribution in [-0.2, 0) is 19.0 Å². The Hall–Kier alpha value is -0.690. The minimum Gasteiger partial charge on any atom is -0.550 e. The molecule has 1 aliphatic heterocycles. The lowest BCUT2D eigenvalue weighted by Gasteiger charge is -2.21.